The van der Waals surface area contributed by atoms with Gasteiger partial charge in [-0.1, -0.05) is 24.3 Å². The fraction of sp³-hybridized carbons (Fsp3) is 0.0714. The number of aromatic amines is 1. The van der Waals surface area contributed by atoms with Crippen molar-refractivity contribution in [3.8, 4) is 0 Å². The maximum Gasteiger partial charge on any atom is 0.229 e. The molecule has 0 spiro atoms. The molecule has 1 N–H and O–H groups in total. The Bertz CT molecular complexity index is 852. The van der Waals surface area contributed by atoms with E-state index in [9.17, 15) is 14.9 Å². The lowest BCUT2D eigenvalue weighted by Gasteiger charge is -2.05. The number of H-pyrrole nitrogens is 1. The van der Waals surface area contributed by atoms with Gasteiger partial charge in [-0.25, -0.2) is 0 Å². The van der Waals surface area contributed by atoms with E-state index in [2.05, 4.69) is 4.98 Å². The molecule has 5 heteroatoms. The molecule has 0 aliphatic carbocycles. The molecule has 0 aliphatic heterocycles. The minimum atomic E-state index is -0.427. The average molecular weight is 254 g/mol. The second-order valence-corrected chi connectivity index (χ2v) is 4.33. The molecule has 1 heterocycles. The molecule has 3 rings (SSSR count). The molecular weight excluding hydrogens is 244 g/mol. The minimum absolute atomic E-state index is 0.165. The van der Waals surface area contributed by atoms with Gasteiger partial charge in [0.05, 0.1) is 10.9 Å². The zero-order chi connectivity index (χ0) is 13.4. The van der Waals surface area contributed by atoms with Gasteiger partial charge in [-0.3, -0.25) is 14.9 Å². The highest BCUT2D eigenvalue weighted by Gasteiger charge is 2.12. The molecule has 0 radical (unpaired) electrons. The van der Waals surface area contributed by atoms with Crippen molar-refractivity contribution >= 4 is 21.8 Å². The number of nitro groups is 1. The van der Waals surface area contributed by atoms with E-state index in [1.165, 1.54) is 0 Å². The van der Waals surface area contributed by atoms with Gasteiger partial charge in [0, 0.05) is 21.4 Å². The second-order valence-electron chi connectivity index (χ2n) is 4.33. The van der Waals surface area contributed by atoms with Crippen molar-refractivity contribution in [1.82, 2.24) is 4.98 Å². The quantitative estimate of drug-likeness (QED) is 0.433. The smallest absolute Gasteiger partial charge is 0.229 e. The van der Waals surface area contributed by atoms with Gasteiger partial charge in [-0.15, -0.1) is 0 Å². The van der Waals surface area contributed by atoms with Crippen molar-refractivity contribution in [2.24, 2.45) is 0 Å². The molecule has 3 aromatic rings. The Morgan fingerprint density at radius 3 is 2.58 bits per heavy atom. The molecule has 94 valence electrons. The highest BCUT2D eigenvalue weighted by molar-refractivity contribution is 5.93. The first-order chi connectivity index (χ1) is 9.16. The van der Waals surface area contributed by atoms with Crippen LogP contribution in [0.5, 0.6) is 0 Å². The fourth-order valence-corrected chi connectivity index (χ4v) is 2.31. The number of aromatic nitrogens is 1. The molecule has 0 bridgehead atoms. The van der Waals surface area contributed by atoms with Crippen LogP contribution in [0.25, 0.3) is 21.8 Å². The highest BCUT2D eigenvalue weighted by atomic mass is 16.6. The number of benzene rings is 2. The molecule has 0 unspecified atom stereocenters. The van der Waals surface area contributed by atoms with E-state index in [1.54, 1.807) is 30.3 Å². The Hall–Kier alpha value is -2.69. The summed E-state index contributed by atoms with van der Waals surface area (Å²) in [5, 5.41) is 11.6. The van der Waals surface area contributed by atoms with Crippen molar-refractivity contribution < 1.29 is 4.92 Å². The number of hydrogen-bond donors (Lipinski definition) is 1. The second kappa shape index (κ2) is 4.20. The number of para-hydroxylation sites is 1. The summed E-state index contributed by atoms with van der Waals surface area (Å²) in [6, 6.07) is 12.2. The van der Waals surface area contributed by atoms with Gasteiger partial charge in [0.1, 0.15) is 0 Å². The molecule has 0 fully saturated rings. The predicted molar refractivity (Wildman–Crippen MR) is 72.8 cm³/mol. The molecule has 1 aromatic heterocycles. The van der Waals surface area contributed by atoms with Gasteiger partial charge in [0.25, 0.3) is 0 Å². The summed E-state index contributed by atoms with van der Waals surface area (Å²) in [7, 11) is 0. The maximum absolute atomic E-state index is 12.4. The van der Waals surface area contributed by atoms with Crippen molar-refractivity contribution in [2.45, 2.75) is 6.54 Å². The first kappa shape index (κ1) is 11.4. The summed E-state index contributed by atoms with van der Waals surface area (Å²) < 4.78 is 0. The number of nitrogens with one attached hydrogen (secondary N) is 1. The lowest BCUT2D eigenvalue weighted by molar-refractivity contribution is -0.496. The van der Waals surface area contributed by atoms with E-state index in [0.717, 1.165) is 5.52 Å². The van der Waals surface area contributed by atoms with Crippen molar-refractivity contribution in [3.05, 3.63) is 68.4 Å². The lowest BCUT2D eigenvalue weighted by Crippen LogP contribution is -2.09. The molecule has 5 nitrogen and oxygen atoms in total. The third kappa shape index (κ3) is 1.85. The monoisotopic (exact) mass is 254 g/mol. The van der Waals surface area contributed by atoms with Crippen molar-refractivity contribution in [3.63, 3.8) is 0 Å². The third-order valence-corrected chi connectivity index (χ3v) is 3.12. The zero-order valence-corrected chi connectivity index (χ0v) is 9.92. The molecule has 19 heavy (non-hydrogen) atoms. The van der Waals surface area contributed by atoms with Gasteiger partial charge in [0.15, 0.2) is 5.43 Å². The number of rotatable bonds is 2. The standard InChI is InChI=1S/C14H10N2O3/c17-14-10-5-1-2-6-11(10)15-12-7-3-4-9(13(12)14)8-16(18)19/h1-7H,8H2,(H,15,17). The van der Waals surface area contributed by atoms with Crippen LogP contribution in [0.2, 0.25) is 0 Å². The van der Waals surface area contributed by atoms with E-state index < -0.39 is 4.92 Å². The largest absolute Gasteiger partial charge is 0.354 e. The number of pyridine rings is 1. The van der Waals surface area contributed by atoms with E-state index in [4.69, 9.17) is 0 Å². The van der Waals surface area contributed by atoms with Gasteiger partial charge in [-0.05, 0) is 18.2 Å². The molecule has 0 saturated carbocycles. The van der Waals surface area contributed by atoms with E-state index in [1.807, 2.05) is 12.1 Å². The van der Waals surface area contributed by atoms with Crippen LogP contribution in [-0.2, 0) is 6.54 Å². The number of hydrogen-bond acceptors (Lipinski definition) is 3. The highest BCUT2D eigenvalue weighted by Crippen LogP contribution is 2.18. The van der Waals surface area contributed by atoms with Crippen molar-refractivity contribution in [2.75, 3.05) is 0 Å². The summed E-state index contributed by atoms with van der Waals surface area (Å²) in [4.78, 5) is 25.8. The van der Waals surface area contributed by atoms with Crippen LogP contribution >= 0.6 is 0 Å². The van der Waals surface area contributed by atoms with Gasteiger partial charge in [-0.2, -0.15) is 0 Å². The maximum atomic E-state index is 12.4. The summed E-state index contributed by atoms with van der Waals surface area (Å²) in [5.41, 5.74) is 1.64. The molecule has 0 atom stereocenters. The average Bonchev–Trinajstić information content (AvgIpc) is 2.38. The fourth-order valence-electron chi connectivity index (χ4n) is 2.31. The Kier molecular flexibility index (Phi) is 2.52. The topological polar surface area (TPSA) is 76.0 Å². The summed E-state index contributed by atoms with van der Waals surface area (Å²) in [6.45, 7) is -0.348. The minimum Gasteiger partial charge on any atom is -0.354 e. The van der Waals surface area contributed by atoms with Crippen LogP contribution in [0.3, 0.4) is 0 Å². The zero-order valence-electron chi connectivity index (χ0n) is 9.92. The third-order valence-electron chi connectivity index (χ3n) is 3.12. The van der Waals surface area contributed by atoms with E-state index in [-0.39, 0.29) is 12.0 Å². The van der Waals surface area contributed by atoms with E-state index in [0.29, 0.717) is 21.9 Å². The molecular formula is C14H10N2O3. The first-order valence-corrected chi connectivity index (χ1v) is 5.81. The van der Waals surface area contributed by atoms with Gasteiger partial charge < -0.3 is 4.98 Å². The number of nitrogens with zero attached hydrogens (tertiary/aromatic N) is 1. The van der Waals surface area contributed by atoms with Crippen LogP contribution in [0.4, 0.5) is 0 Å². The Morgan fingerprint density at radius 1 is 1.05 bits per heavy atom. The van der Waals surface area contributed by atoms with Crippen LogP contribution < -0.4 is 5.43 Å². The SMILES string of the molecule is O=c1c2ccccc2[nH]c2cccc(C[N+](=O)[O-])c12. The molecule has 0 amide bonds. The van der Waals surface area contributed by atoms with E-state index >= 15 is 0 Å². The lowest BCUT2D eigenvalue weighted by atomic mass is 10.1. The normalized spacial score (nSPS) is 10.9. The molecule has 0 saturated heterocycles. The number of fused-ring (bicyclic) bond motifs is 2. The van der Waals surface area contributed by atoms with Crippen molar-refractivity contribution in [1.29, 1.82) is 0 Å². The van der Waals surface area contributed by atoms with Gasteiger partial charge in [0.2, 0.25) is 6.54 Å². The Labute approximate surface area is 107 Å². The molecule has 2 aromatic carbocycles. The van der Waals surface area contributed by atoms with Gasteiger partial charge >= 0.3 is 0 Å². The van der Waals surface area contributed by atoms with Crippen LogP contribution in [-0.4, -0.2) is 9.91 Å². The van der Waals surface area contributed by atoms with Crippen LogP contribution in [0.15, 0.2) is 47.3 Å². The summed E-state index contributed by atoms with van der Waals surface area (Å²) >= 11 is 0. The first-order valence-electron chi connectivity index (χ1n) is 5.81. The Morgan fingerprint density at radius 2 is 1.79 bits per heavy atom. The Balaban J connectivity index is 2.45. The van der Waals surface area contributed by atoms with Crippen LogP contribution in [0.1, 0.15) is 5.56 Å². The van der Waals surface area contributed by atoms with Crippen LogP contribution in [0, 0.1) is 10.1 Å². The summed E-state index contributed by atoms with van der Waals surface area (Å²) in [5.74, 6) is 0. The summed E-state index contributed by atoms with van der Waals surface area (Å²) in [6.07, 6.45) is 0. The predicted octanol–water partition coefficient (Wildman–Crippen LogP) is 2.46. The molecule has 0 aliphatic rings.